The van der Waals surface area contributed by atoms with E-state index in [1.54, 1.807) is 11.0 Å². The molecule has 0 N–H and O–H groups in total. The van der Waals surface area contributed by atoms with Crippen LogP contribution in [0.5, 0.6) is 0 Å². The number of amides is 2. The molecule has 0 radical (unpaired) electrons. The minimum absolute atomic E-state index is 0.0342. The van der Waals surface area contributed by atoms with Crippen molar-refractivity contribution in [3.63, 3.8) is 0 Å². The second-order valence-corrected chi connectivity index (χ2v) is 7.52. The maximum absolute atomic E-state index is 12.1. The van der Waals surface area contributed by atoms with Gasteiger partial charge < -0.3 is 4.90 Å². The fraction of sp³-hybridized carbons (Fsp3) is 0.500. The first-order chi connectivity index (χ1) is 11.6. The minimum Gasteiger partial charge on any atom is -0.351 e. The molecule has 0 aliphatic carbocycles. The summed E-state index contributed by atoms with van der Waals surface area (Å²) in [6.07, 6.45) is 5.32. The highest BCUT2D eigenvalue weighted by Gasteiger charge is 2.27. The van der Waals surface area contributed by atoms with Crippen molar-refractivity contribution < 1.29 is 9.59 Å². The van der Waals surface area contributed by atoms with Gasteiger partial charge in [-0.05, 0) is 44.0 Å². The van der Waals surface area contributed by atoms with Gasteiger partial charge in [0, 0.05) is 31.9 Å². The van der Waals surface area contributed by atoms with Crippen LogP contribution in [0.1, 0.15) is 38.8 Å². The SMILES string of the molecule is CCN(C(C)=O)c1nc(/C=C2/SC(N3CCCCC3)=NC2=O)cs1. The molecular weight excluding hydrogens is 344 g/mol. The number of carbonyl (C=O) groups is 2. The van der Waals surface area contributed by atoms with Gasteiger partial charge in [0.05, 0.1) is 10.6 Å². The molecule has 1 saturated heterocycles. The van der Waals surface area contributed by atoms with Crippen LogP contribution in [-0.2, 0) is 9.59 Å². The average molecular weight is 364 g/mol. The number of aliphatic imine (C=N–C) groups is 1. The van der Waals surface area contributed by atoms with Gasteiger partial charge in [-0.2, -0.15) is 4.99 Å². The van der Waals surface area contributed by atoms with Gasteiger partial charge in [-0.15, -0.1) is 11.3 Å². The van der Waals surface area contributed by atoms with Crippen LogP contribution >= 0.6 is 23.1 Å². The number of amidine groups is 1. The third-order valence-corrected chi connectivity index (χ3v) is 5.88. The van der Waals surface area contributed by atoms with Crippen molar-refractivity contribution in [2.45, 2.75) is 33.1 Å². The molecule has 2 aliphatic rings. The molecule has 2 aliphatic heterocycles. The topological polar surface area (TPSA) is 65.9 Å². The highest BCUT2D eigenvalue weighted by molar-refractivity contribution is 8.18. The molecule has 1 fully saturated rings. The number of carbonyl (C=O) groups excluding carboxylic acids is 2. The van der Waals surface area contributed by atoms with E-state index >= 15 is 0 Å². The van der Waals surface area contributed by atoms with Crippen molar-refractivity contribution in [3.05, 3.63) is 16.0 Å². The summed E-state index contributed by atoms with van der Waals surface area (Å²) in [6, 6.07) is 0. The lowest BCUT2D eigenvalue weighted by Crippen LogP contribution is -2.33. The first kappa shape index (κ1) is 17.2. The number of likely N-dealkylation sites (tertiary alicyclic amines) is 1. The van der Waals surface area contributed by atoms with E-state index in [0.29, 0.717) is 22.3 Å². The molecule has 0 saturated carbocycles. The van der Waals surface area contributed by atoms with Gasteiger partial charge >= 0.3 is 0 Å². The Balaban J connectivity index is 1.72. The molecule has 1 aromatic heterocycles. The zero-order chi connectivity index (χ0) is 17.1. The van der Waals surface area contributed by atoms with Gasteiger partial charge in [-0.3, -0.25) is 14.5 Å². The van der Waals surface area contributed by atoms with E-state index in [9.17, 15) is 9.59 Å². The van der Waals surface area contributed by atoms with Crippen molar-refractivity contribution in [3.8, 4) is 0 Å². The van der Waals surface area contributed by atoms with Gasteiger partial charge in [0.25, 0.3) is 5.91 Å². The van der Waals surface area contributed by atoms with E-state index in [4.69, 9.17) is 0 Å². The average Bonchev–Trinajstić information content (AvgIpc) is 3.17. The predicted octanol–water partition coefficient (Wildman–Crippen LogP) is 2.97. The number of thioether (sulfide) groups is 1. The molecule has 1 aromatic rings. The molecule has 24 heavy (non-hydrogen) atoms. The van der Waals surface area contributed by atoms with Crippen molar-refractivity contribution in [1.29, 1.82) is 0 Å². The number of rotatable bonds is 3. The van der Waals surface area contributed by atoms with Crippen LogP contribution < -0.4 is 4.90 Å². The monoisotopic (exact) mass is 364 g/mol. The van der Waals surface area contributed by atoms with Crippen LogP contribution in [0, 0.1) is 0 Å². The molecule has 3 heterocycles. The largest absolute Gasteiger partial charge is 0.351 e. The second-order valence-electron chi connectivity index (χ2n) is 5.68. The Morgan fingerprint density at radius 2 is 2.12 bits per heavy atom. The Morgan fingerprint density at radius 1 is 1.38 bits per heavy atom. The summed E-state index contributed by atoms with van der Waals surface area (Å²) < 4.78 is 0. The smallest absolute Gasteiger partial charge is 0.286 e. The van der Waals surface area contributed by atoms with Crippen LogP contribution in [0.2, 0.25) is 0 Å². The van der Waals surface area contributed by atoms with Crippen molar-refractivity contribution in [2.24, 2.45) is 4.99 Å². The zero-order valence-corrected chi connectivity index (χ0v) is 15.5. The Labute approximate surface area is 149 Å². The number of aromatic nitrogens is 1. The number of piperidine rings is 1. The maximum Gasteiger partial charge on any atom is 0.286 e. The van der Waals surface area contributed by atoms with Crippen LogP contribution in [0.3, 0.4) is 0 Å². The Morgan fingerprint density at radius 3 is 2.79 bits per heavy atom. The van der Waals surface area contributed by atoms with Crippen molar-refractivity contribution in [2.75, 3.05) is 24.5 Å². The molecule has 128 valence electrons. The molecule has 3 rings (SSSR count). The van der Waals surface area contributed by atoms with E-state index in [0.717, 1.165) is 31.1 Å². The highest BCUT2D eigenvalue weighted by Crippen LogP contribution is 2.32. The van der Waals surface area contributed by atoms with E-state index in [1.807, 2.05) is 12.3 Å². The molecule has 6 nitrogen and oxygen atoms in total. The summed E-state index contributed by atoms with van der Waals surface area (Å²) in [4.78, 5) is 36.8. The van der Waals surface area contributed by atoms with Crippen LogP contribution in [0.4, 0.5) is 5.13 Å². The lowest BCUT2D eigenvalue weighted by Gasteiger charge is -2.27. The fourth-order valence-electron chi connectivity index (χ4n) is 2.71. The normalized spacial score (nSPS) is 19.8. The highest BCUT2D eigenvalue weighted by atomic mass is 32.2. The summed E-state index contributed by atoms with van der Waals surface area (Å²) in [7, 11) is 0. The van der Waals surface area contributed by atoms with Gasteiger partial charge in [0.1, 0.15) is 0 Å². The number of anilines is 1. The molecule has 0 bridgehead atoms. The Kier molecular flexibility index (Phi) is 5.35. The molecule has 2 amide bonds. The Hall–Kier alpha value is -1.67. The van der Waals surface area contributed by atoms with E-state index < -0.39 is 0 Å². The minimum atomic E-state index is -0.200. The lowest BCUT2D eigenvalue weighted by molar-refractivity contribution is -0.116. The summed E-state index contributed by atoms with van der Waals surface area (Å²) >= 11 is 2.83. The van der Waals surface area contributed by atoms with E-state index in [1.165, 1.54) is 36.4 Å². The number of nitrogens with zero attached hydrogens (tertiary/aromatic N) is 4. The standard InChI is InChI=1S/C16H20N4O2S2/c1-3-20(11(2)21)16-17-12(10-23-16)9-13-14(22)18-15(24-13)19-7-5-4-6-8-19/h9-10H,3-8H2,1-2H3/b13-9+. The summed E-state index contributed by atoms with van der Waals surface area (Å²) in [5, 5.41) is 3.32. The summed E-state index contributed by atoms with van der Waals surface area (Å²) in [5.74, 6) is -0.234. The van der Waals surface area contributed by atoms with E-state index in [2.05, 4.69) is 14.9 Å². The number of hydrogen-bond acceptors (Lipinski definition) is 6. The fourth-order valence-corrected chi connectivity index (χ4v) is 4.55. The third kappa shape index (κ3) is 3.70. The molecule has 8 heteroatoms. The lowest BCUT2D eigenvalue weighted by atomic mass is 10.1. The van der Waals surface area contributed by atoms with E-state index in [-0.39, 0.29) is 11.8 Å². The molecule has 0 atom stereocenters. The molecule has 0 spiro atoms. The number of thiazole rings is 1. The van der Waals surface area contributed by atoms with Crippen molar-refractivity contribution >= 4 is 51.3 Å². The van der Waals surface area contributed by atoms with Gasteiger partial charge in [-0.25, -0.2) is 4.98 Å². The number of hydrogen-bond donors (Lipinski definition) is 0. The van der Waals surface area contributed by atoms with Gasteiger partial charge in [0.15, 0.2) is 10.3 Å². The molecular formula is C16H20N4O2S2. The van der Waals surface area contributed by atoms with Crippen LogP contribution in [0.25, 0.3) is 6.08 Å². The van der Waals surface area contributed by atoms with Crippen LogP contribution in [0.15, 0.2) is 15.3 Å². The molecule has 0 unspecified atom stereocenters. The molecule has 0 aromatic carbocycles. The first-order valence-electron chi connectivity index (χ1n) is 8.09. The first-order valence-corrected chi connectivity index (χ1v) is 9.79. The van der Waals surface area contributed by atoms with Crippen molar-refractivity contribution in [1.82, 2.24) is 9.88 Å². The zero-order valence-electron chi connectivity index (χ0n) is 13.8. The van der Waals surface area contributed by atoms with Crippen LogP contribution in [-0.4, -0.2) is 46.5 Å². The Bertz CT molecular complexity index is 705. The van der Waals surface area contributed by atoms with Gasteiger partial charge in [-0.1, -0.05) is 0 Å². The summed E-state index contributed by atoms with van der Waals surface area (Å²) in [5.41, 5.74) is 0.695. The predicted molar refractivity (Wildman–Crippen MR) is 99.2 cm³/mol. The quantitative estimate of drug-likeness (QED) is 0.772. The summed E-state index contributed by atoms with van der Waals surface area (Å²) in [6.45, 7) is 5.96. The second kappa shape index (κ2) is 7.48. The third-order valence-electron chi connectivity index (χ3n) is 3.95. The maximum atomic E-state index is 12.1. The van der Waals surface area contributed by atoms with Gasteiger partial charge in [0.2, 0.25) is 5.91 Å².